The van der Waals surface area contributed by atoms with Gasteiger partial charge >= 0.3 is 6.09 Å². The van der Waals surface area contributed by atoms with E-state index in [1.54, 1.807) is 45.0 Å². The number of ether oxygens (including phenoxy) is 1. The van der Waals surface area contributed by atoms with Crippen molar-refractivity contribution < 1.29 is 17.9 Å². The smallest absolute Gasteiger partial charge is 0.415 e. The summed E-state index contributed by atoms with van der Waals surface area (Å²) >= 11 is 3.34. The van der Waals surface area contributed by atoms with Crippen LogP contribution in [0.25, 0.3) is 0 Å². The Kier molecular flexibility index (Phi) is 4.67. The molecule has 0 bridgehead atoms. The molecule has 0 N–H and O–H groups in total. The SMILES string of the molecule is CC(C)(C)OC(=O)N(c1ccc(Br)cc1)C1C=CS(=O)(=O)C1. The summed E-state index contributed by atoms with van der Waals surface area (Å²) in [4.78, 5) is 13.9. The molecule has 0 radical (unpaired) electrons. The van der Waals surface area contributed by atoms with E-state index in [0.717, 1.165) is 9.88 Å². The van der Waals surface area contributed by atoms with E-state index in [9.17, 15) is 13.2 Å². The third-order valence-electron chi connectivity index (χ3n) is 2.94. The summed E-state index contributed by atoms with van der Waals surface area (Å²) in [6, 6.07) is 6.50. The summed E-state index contributed by atoms with van der Waals surface area (Å²) in [5.74, 6) is -0.137. The lowest BCUT2D eigenvalue weighted by Gasteiger charge is -2.30. The lowest BCUT2D eigenvalue weighted by Crippen LogP contribution is -2.44. The Hall–Kier alpha value is -1.34. The van der Waals surface area contributed by atoms with E-state index in [4.69, 9.17) is 4.74 Å². The molecule has 1 atom stereocenters. The second kappa shape index (κ2) is 6.04. The summed E-state index contributed by atoms with van der Waals surface area (Å²) in [5.41, 5.74) is -0.0736. The summed E-state index contributed by atoms with van der Waals surface area (Å²) in [7, 11) is -3.27. The normalized spacial score (nSPS) is 19.9. The molecule has 1 heterocycles. The van der Waals surface area contributed by atoms with Gasteiger partial charge in [-0.3, -0.25) is 4.90 Å². The Balaban J connectivity index is 2.35. The van der Waals surface area contributed by atoms with Crippen LogP contribution in [0.15, 0.2) is 40.2 Å². The number of benzene rings is 1. The number of carbonyl (C=O) groups is 1. The van der Waals surface area contributed by atoms with Crippen LogP contribution in [0, 0.1) is 0 Å². The number of nitrogens with zero attached hydrogens (tertiary/aromatic N) is 1. The van der Waals surface area contributed by atoms with Gasteiger partial charge in [-0.05, 0) is 51.1 Å². The molecule has 0 saturated carbocycles. The van der Waals surface area contributed by atoms with Gasteiger partial charge in [0.15, 0.2) is 9.84 Å². The molecule has 1 aromatic rings. The highest BCUT2D eigenvalue weighted by atomic mass is 79.9. The van der Waals surface area contributed by atoms with E-state index in [-0.39, 0.29) is 5.75 Å². The molecule has 0 aromatic heterocycles. The minimum absolute atomic E-state index is 0.137. The maximum atomic E-state index is 12.5. The highest BCUT2D eigenvalue weighted by molar-refractivity contribution is 9.10. The van der Waals surface area contributed by atoms with Crippen LogP contribution in [-0.4, -0.2) is 31.9 Å². The Morgan fingerprint density at radius 2 is 1.86 bits per heavy atom. The molecular formula is C15H18BrNO4S. The fraction of sp³-hybridized carbons (Fsp3) is 0.400. The van der Waals surface area contributed by atoms with Gasteiger partial charge in [0, 0.05) is 15.6 Å². The van der Waals surface area contributed by atoms with Crippen LogP contribution in [0.3, 0.4) is 0 Å². The number of carbonyl (C=O) groups excluding carboxylic acids is 1. The van der Waals surface area contributed by atoms with Crippen LogP contribution in [0.2, 0.25) is 0 Å². The predicted octanol–water partition coefficient (Wildman–Crippen LogP) is 3.50. The number of hydrogen-bond donors (Lipinski definition) is 0. The average Bonchev–Trinajstić information content (AvgIpc) is 2.70. The number of anilines is 1. The van der Waals surface area contributed by atoms with Gasteiger partial charge in [-0.2, -0.15) is 0 Å². The fourth-order valence-corrected chi connectivity index (χ4v) is 3.60. The summed E-state index contributed by atoms with van der Waals surface area (Å²) in [6.45, 7) is 5.31. The second-order valence-electron chi connectivity index (χ2n) is 6.05. The van der Waals surface area contributed by atoms with Crippen LogP contribution in [0.1, 0.15) is 20.8 Å². The van der Waals surface area contributed by atoms with E-state index < -0.39 is 27.6 Å². The average molecular weight is 388 g/mol. The number of amides is 1. The van der Waals surface area contributed by atoms with Crippen LogP contribution in [0.5, 0.6) is 0 Å². The quantitative estimate of drug-likeness (QED) is 0.778. The van der Waals surface area contributed by atoms with Gasteiger partial charge in [-0.1, -0.05) is 15.9 Å². The first kappa shape index (κ1) is 17.0. The van der Waals surface area contributed by atoms with Gasteiger partial charge in [0.2, 0.25) is 0 Å². The van der Waals surface area contributed by atoms with Gasteiger partial charge in [-0.25, -0.2) is 13.2 Å². The van der Waals surface area contributed by atoms with Gasteiger partial charge < -0.3 is 4.74 Å². The van der Waals surface area contributed by atoms with Crippen molar-refractivity contribution in [3.8, 4) is 0 Å². The topological polar surface area (TPSA) is 63.7 Å². The van der Waals surface area contributed by atoms with Crippen molar-refractivity contribution in [1.29, 1.82) is 0 Å². The third-order valence-corrected chi connectivity index (χ3v) is 4.84. The van der Waals surface area contributed by atoms with Gasteiger partial charge in [-0.15, -0.1) is 0 Å². The standard InChI is InChI=1S/C15H18BrNO4S/c1-15(2,3)21-14(18)17(12-6-4-11(16)5-7-12)13-8-9-22(19,20)10-13/h4-9,13H,10H2,1-3H3. The monoisotopic (exact) mass is 387 g/mol. The molecule has 0 spiro atoms. The van der Waals surface area contributed by atoms with Crippen molar-refractivity contribution in [3.05, 3.63) is 40.2 Å². The number of hydrogen-bond acceptors (Lipinski definition) is 4. The minimum Gasteiger partial charge on any atom is -0.443 e. The Labute approximate surface area is 139 Å². The maximum Gasteiger partial charge on any atom is 0.415 e. The highest BCUT2D eigenvalue weighted by Crippen LogP contribution is 2.26. The minimum atomic E-state index is -3.27. The first-order valence-electron chi connectivity index (χ1n) is 6.76. The largest absolute Gasteiger partial charge is 0.443 e. The Morgan fingerprint density at radius 1 is 1.27 bits per heavy atom. The summed E-state index contributed by atoms with van der Waals surface area (Å²) in [6.07, 6.45) is 0.947. The van der Waals surface area contributed by atoms with E-state index in [0.29, 0.717) is 5.69 Å². The van der Waals surface area contributed by atoms with E-state index in [1.165, 1.54) is 11.0 Å². The van der Waals surface area contributed by atoms with Gasteiger partial charge in [0.25, 0.3) is 0 Å². The van der Waals surface area contributed by atoms with Crippen molar-refractivity contribution in [1.82, 2.24) is 0 Å². The maximum absolute atomic E-state index is 12.5. The molecule has 22 heavy (non-hydrogen) atoms. The molecule has 1 aromatic carbocycles. The lowest BCUT2D eigenvalue weighted by atomic mass is 10.2. The van der Waals surface area contributed by atoms with Gasteiger partial charge in [0.1, 0.15) is 5.60 Å². The zero-order chi connectivity index (χ0) is 16.5. The van der Waals surface area contributed by atoms with Crippen molar-refractivity contribution in [2.75, 3.05) is 10.7 Å². The summed E-state index contributed by atoms with van der Waals surface area (Å²) < 4.78 is 29.6. The van der Waals surface area contributed by atoms with Crippen LogP contribution in [0.4, 0.5) is 10.5 Å². The molecule has 1 amide bonds. The molecule has 1 unspecified atom stereocenters. The first-order valence-corrected chi connectivity index (χ1v) is 9.27. The van der Waals surface area contributed by atoms with Crippen molar-refractivity contribution in [3.63, 3.8) is 0 Å². The molecule has 1 aliphatic heterocycles. The number of rotatable bonds is 2. The molecule has 5 nitrogen and oxygen atoms in total. The molecule has 0 saturated heterocycles. The van der Waals surface area contributed by atoms with Crippen LogP contribution in [-0.2, 0) is 14.6 Å². The van der Waals surface area contributed by atoms with E-state index in [1.807, 2.05) is 0 Å². The highest BCUT2D eigenvalue weighted by Gasteiger charge is 2.34. The van der Waals surface area contributed by atoms with Gasteiger partial charge in [0.05, 0.1) is 11.8 Å². The third kappa shape index (κ3) is 4.33. The lowest BCUT2D eigenvalue weighted by molar-refractivity contribution is 0.0574. The first-order chi connectivity index (χ1) is 10.1. The molecule has 1 aliphatic rings. The molecule has 7 heteroatoms. The second-order valence-corrected chi connectivity index (χ2v) is 8.90. The predicted molar refractivity (Wildman–Crippen MR) is 89.6 cm³/mol. The van der Waals surface area contributed by atoms with Crippen molar-refractivity contribution in [2.45, 2.75) is 32.4 Å². The molecule has 0 fully saturated rings. The van der Waals surface area contributed by atoms with E-state index in [2.05, 4.69) is 15.9 Å². The molecule has 0 aliphatic carbocycles. The molecular weight excluding hydrogens is 370 g/mol. The summed E-state index contributed by atoms with van der Waals surface area (Å²) in [5, 5.41) is 1.15. The Morgan fingerprint density at radius 3 is 2.32 bits per heavy atom. The van der Waals surface area contributed by atoms with Crippen LogP contribution < -0.4 is 4.90 Å². The number of halogens is 1. The molecule has 2 rings (SSSR count). The fourth-order valence-electron chi connectivity index (χ4n) is 2.07. The van der Waals surface area contributed by atoms with Crippen LogP contribution >= 0.6 is 15.9 Å². The van der Waals surface area contributed by atoms with Crippen molar-refractivity contribution >= 4 is 37.5 Å². The zero-order valence-electron chi connectivity index (χ0n) is 12.6. The van der Waals surface area contributed by atoms with Crippen molar-refractivity contribution in [2.24, 2.45) is 0 Å². The Bertz CT molecular complexity index is 689. The number of sulfone groups is 1. The zero-order valence-corrected chi connectivity index (χ0v) is 15.0. The van der Waals surface area contributed by atoms with E-state index >= 15 is 0 Å². The molecule has 120 valence electrons.